The number of nitrogens with one attached hydrogen (secondary N) is 1. The van der Waals surface area contributed by atoms with Gasteiger partial charge >= 0.3 is 5.97 Å². The summed E-state index contributed by atoms with van der Waals surface area (Å²) in [5.74, 6) is 0.422. The van der Waals surface area contributed by atoms with Gasteiger partial charge < -0.3 is 14.6 Å². The zero-order chi connectivity index (χ0) is 17.8. The Hall–Kier alpha value is -2.25. The van der Waals surface area contributed by atoms with Crippen molar-refractivity contribution in [2.45, 2.75) is 18.0 Å². The van der Waals surface area contributed by atoms with Crippen LogP contribution in [0.1, 0.15) is 16.5 Å². The molecule has 0 radical (unpaired) electrons. The number of carbonyl (C=O) groups is 1. The van der Waals surface area contributed by atoms with E-state index in [1.54, 1.807) is 37.4 Å². The van der Waals surface area contributed by atoms with Gasteiger partial charge in [-0.25, -0.2) is 4.39 Å². The van der Waals surface area contributed by atoms with Gasteiger partial charge in [-0.2, -0.15) is 0 Å². The van der Waals surface area contributed by atoms with Gasteiger partial charge in [0, 0.05) is 22.9 Å². The first-order chi connectivity index (χ1) is 12.1. The summed E-state index contributed by atoms with van der Waals surface area (Å²) in [6, 6.07) is 11.2. The van der Waals surface area contributed by atoms with E-state index in [1.165, 1.54) is 17.8 Å². The highest BCUT2D eigenvalue weighted by Crippen LogP contribution is 2.39. The Labute approximate surface area is 149 Å². The molecule has 0 aliphatic carbocycles. The molecular formula is C18H18FNO4S. The molecule has 2 aromatic rings. The van der Waals surface area contributed by atoms with E-state index in [9.17, 15) is 9.18 Å². The van der Waals surface area contributed by atoms with Crippen LogP contribution in [0.25, 0.3) is 0 Å². The molecule has 0 aromatic heterocycles. The zero-order valence-corrected chi connectivity index (χ0v) is 14.4. The lowest BCUT2D eigenvalue weighted by Gasteiger charge is -2.18. The first-order valence-electron chi connectivity index (χ1n) is 7.73. The zero-order valence-electron chi connectivity index (χ0n) is 13.6. The lowest BCUT2D eigenvalue weighted by Crippen LogP contribution is -2.33. The molecule has 2 unspecified atom stereocenters. The van der Waals surface area contributed by atoms with Gasteiger partial charge in [-0.15, -0.1) is 11.8 Å². The SMILES string of the molecule is COc1ccc(C2NC(C(=O)O)CS2)c(OCc2ccccc2F)c1. The molecule has 132 valence electrons. The Kier molecular flexibility index (Phi) is 5.45. The Morgan fingerprint density at radius 2 is 2.16 bits per heavy atom. The molecule has 0 amide bonds. The molecule has 1 aliphatic rings. The van der Waals surface area contributed by atoms with Gasteiger partial charge in [0.2, 0.25) is 0 Å². The topological polar surface area (TPSA) is 67.8 Å². The largest absolute Gasteiger partial charge is 0.497 e. The maximum Gasteiger partial charge on any atom is 0.321 e. The van der Waals surface area contributed by atoms with Crippen molar-refractivity contribution in [2.24, 2.45) is 0 Å². The smallest absolute Gasteiger partial charge is 0.321 e. The van der Waals surface area contributed by atoms with Crippen molar-refractivity contribution in [3.8, 4) is 11.5 Å². The second-order valence-electron chi connectivity index (χ2n) is 5.55. The fourth-order valence-corrected chi connectivity index (χ4v) is 3.81. The first-order valence-corrected chi connectivity index (χ1v) is 8.78. The minimum atomic E-state index is -0.877. The molecule has 2 N–H and O–H groups in total. The highest BCUT2D eigenvalue weighted by Gasteiger charge is 2.32. The summed E-state index contributed by atoms with van der Waals surface area (Å²) in [5, 5.41) is 12.0. The Bertz CT molecular complexity index is 770. The maximum absolute atomic E-state index is 13.8. The molecule has 1 saturated heterocycles. The van der Waals surface area contributed by atoms with Crippen LogP contribution >= 0.6 is 11.8 Å². The van der Waals surface area contributed by atoms with E-state index in [2.05, 4.69) is 5.32 Å². The molecule has 1 aliphatic heterocycles. The quantitative estimate of drug-likeness (QED) is 0.822. The summed E-state index contributed by atoms with van der Waals surface area (Å²) in [6.07, 6.45) is 0. The standard InChI is InChI=1S/C18H18FNO4S/c1-23-12-6-7-13(17-20-15(10-25-17)18(21)22)16(8-12)24-9-11-4-2-3-5-14(11)19/h2-8,15,17,20H,9-10H2,1H3,(H,21,22). The summed E-state index contributed by atoms with van der Waals surface area (Å²) in [7, 11) is 1.55. The maximum atomic E-state index is 13.8. The molecule has 2 atom stereocenters. The average molecular weight is 363 g/mol. The molecule has 25 heavy (non-hydrogen) atoms. The third kappa shape index (κ3) is 4.05. The summed E-state index contributed by atoms with van der Waals surface area (Å²) < 4.78 is 24.9. The van der Waals surface area contributed by atoms with Crippen LogP contribution in [0, 0.1) is 5.82 Å². The van der Waals surface area contributed by atoms with Gasteiger partial charge in [0.15, 0.2) is 0 Å². The lowest BCUT2D eigenvalue weighted by molar-refractivity contribution is -0.138. The van der Waals surface area contributed by atoms with Crippen molar-refractivity contribution in [1.29, 1.82) is 0 Å². The van der Waals surface area contributed by atoms with Crippen molar-refractivity contribution in [3.05, 3.63) is 59.4 Å². The van der Waals surface area contributed by atoms with Gasteiger partial charge in [-0.05, 0) is 18.2 Å². The number of benzene rings is 2. The van der Waals surface area contributed by atoms with Gasteiger partial charge in [0.25, 0.3) is 0 Å². The van der Waals surface area contributed by atoms with Crippen LogP contribution < -0.4 is 14.8 Å². The minimum Gasteiger partial charge on any atom is -0.497 e. The van der Waals surface area contributed by atoms with E-state index in [0.29, 0.717) is 22.8 Å². The molecule has 1 fully saturated rings. The van der Waals surface area contributed by atoms with Crippen LogP contribution in [-0.2, 0) is 11.4 Å². The highest BCUT2D eigenvalue weighted by atomic mass is 32.2. The summed E-state index contributed by atoms with van der Waals surface area (Å²) in [4.78, 5) is 11.1. The number of hydrogen-bond acceptors (Lipinski definition) is 5. The van der Waals surface area contributed by atoms with E-state index in [4.69, 9.17) is 14.6 Å². The van der Waals surface area contributed by atoms with Crippen LogP contribution in [0.5, 0.6) is 11.5 Å². The number of aliphatic carboxylic acids is 1. The normalized spacial score (nSPS) is 19.6. The third-order valence-corrected chi connectivity index (χ3v) is 5.17. The Morgan fingerprint density at radius 3 is 2.84 bits per heavy atom. The van der Waals surface area contributed by atoms with E-state index < -0.39 is 12.0 Å². The molecule has 5 nitrogen and oxygen atoms in total. The van der Waals surface area contributed by atoms with E-state index >= 15 is 0 Å². The van der Waals surface area contributed by atoms with E-state index in [1.807, 2.05) is 6.07 Å². The van der Waals surface area contributed by atoms with Gasteiger partial charge in [0.05, 0.1) is 12.5 Å². The molecular weight excluding hydrogens is 345 g/mol. The highest BCUT2D eigenvalue weighted by molar-refractivity contribution is 7.99. The van der Waals surface area contributed by atoms with Crippen LogP contribution in [0.4, 0.5) is 4.39 Å². The van der Waals surface area contributed by atoms with Crippen molar-refractivity contribution in [1.82, 2.24) is 5.32 Å². The monoisotopic (exact) mass is 363 g/mol. The van der Waals surface area contributed by atoms with Crippen LogP contribution in [0.15, 0.2) is 42.5 Å². The fourth-order valence-electron chi connectivity index (χ4n) is 2.55. The summed E-state index contributed by atoms with van der Waals surface area (Å²) in [6.45, 7) is 0.0760. The number of hydrogen-bond donors (Lipinski definition) is 2. The van der Waals surface area contributed by atoms with E-state index in [0.717, 1.165) is 5.56 Å². The van der Waals surface area contributed by atoms with Crippen LogP contribution in [0.3, 0.4) is 0 Å². The average Bonchev–Trinajstić information content (AvgIpc) is 3.11. The Morgan fingerprint density at radius 1 is 1.36 bits per heavy atom. The second kappa shape index (κ2) is 7.76. The third-order valence-electron chi connectivity index (χ3n) is 3.92. The first kappa shape index (κ1) is 17.6. The van der Waals surface area contributed by atoms with Crippen molar-refractivity contribution in [3.63, 3.8) is 0 Å². The predicted octanol–water partition coefficient (Wildman–Crippen LogP) is 3.20. The number of carboxylic acids is 1. The summed E-state index contributed by atoms with van der Waals surface area (Å²) in [5.41, 5.74) is 1.26. The van der Waals surface area contributed by atoms with E-state index in [-0.39, 0.29) is 17.8 Å². The summed E-state index contributed by atoms with van der Waals surface area (Å²) >= 11 is 1.50. The fraction of sp³-hybridized carbons (Fsp3) is 0.278. The molecule has 0 saturated carbocycles. The van der Waals surface area contributed by atoms with Crippen molar-refractivity contribution >= 4 is 17.7 Å². The second-order valence-corrected chi connectivity index (χ2v) is 6.69. The van der Waals surface area contributed by atoms with Crippen LogP contribution in [0.2, 0.25) is 0 Å². The number of ether oxygens (including phenoxy) is 2. The van der Waals surface area contributed by atoms with Crippen molar-refractivity contribution in [2.75, 3.05) is 12.9 Å². The van der Waals surface area contributed by atoms with Crippen LogP contribution in [-0.4, -0.2) is 30.0 Å². The number of rotatable bonds is 6. The molecule has 2 aromatic carbocycles. The number of methoxy groups -OCH3 is 1. The van der Waals surface area contributed by atoms with Gasteiger partial charge in [-0.1, -0.05) is 18.2 Å². The number of thioether (sulfide) groups is 1. The van der Waals surface area contributed by atoms with Gasteiger partial charge in [-0.3, -0.25) is 10.1 Å². The minimum absolute atomic E-state index is 0.0760. The molecule has 1 heterocycles. The van der Waals surface area contributed by atoms with Gasteiger partial charge in [0.1, 0.15) is 30.0 Å². The van der Waals surface area contributed by atoms with Crippen molar-refractivity contribution < 1.29 is 23.8 Å². The molecule has 0 bridgehead atoms. The number of carboxylic acid groups (broad SMARTS) is 1. The predicted molar refractivity (Wildman–Crippen MR) is 93.5 cm³/mol. The molecule has 3 rings (SSSR count). The Balaban J connectivity index is 1.81. The number of halogens is 1. The lowest BCUT2D eigenvalue weighted by atomic mass is 10.1. The molecule has 7 heteroatoms. The molecule has 0 spiro atoms.